The molecule has 0 spiro atoms. The molecule has 0 saturated carbocycles. The third-order valence-electron chi connectivity index (χ3n) is 5.07. The summed E-state index contributed by atoms with van der Waals surface area (Å²) in [4.78, 5) is 16.8. The molecule has 8 heteroatoms. The number of benzene rings is 2. The number of nitrogens with zero attached hydrogens (tertiary/aromatic N) is 1. The summed E-state index contributed by atoms with van der Waals surface area (Å²) in [6.07, 6.45) is 1.27. The zero-order valence-electron chi connectivity index (χ0n) is 18.2. The molecular formula is C23H31IN4O3. The molecule has 3 rings (SSSR count). The molecule has 1 aliphatic heterocycles. The predicted molar refractivity (Wildman–Crippen MR) is 135 cm³/mol. The van der Waals surface area contributed by atoms with Crippen LogP contribution in [0.3, 0.4) is 0 Å². The first-order valence-electron chi connectivity index (χ1n) is 10.3. The van der Waals surface area contributed by atoms with Crippen molar-refractivity contribution in [2.75, 3.05) is 39.2 Å². The van der Waals surface area contributed by atoms with Gasteiger partial charge in [0.1, 0.15) is 0 Å². The maximum Gasteiger partial charge on any atom is 0.225 e. The zero-order chi connectivity index (χ0) is 21.3. The fourth-order valence-corrected chi connectivity index (χ4v) is 3.57. The van der Waals surface area contributed by atoms with E-state index >= 15 is 0 Å². The highest BCUT2D eigenvalue weighted by Crippen LogP contribution is 2.32. The van der Waals surface area contributed by atoms with Crippen LogP contribution < -0.4 is 25.4 Å². The van der Waals surface area contributed by atoms with Crippen LogP contribution in [0.4, 0.5) is 5.69 Å². The van der Waals surface area contributed by atoms with Crippen LogP contribution >= 0.6 is 24.0 Å². The van der Waals surface area contributed by atoms with Crippen molar-refractivity contribution in [1.29, 1.82) is 0 Å². The van der Waals surface area contributed by atoms with Crippen LogP contribution in [0.1, 0.15) is 30.4 Å². The molecule has 0 aliphatic carbocycles. The number of ether oxygens (including phenoxy) is 2. The van der Waals surface area contributed by atoms with Crippen molar-refractivity contribution in [3.05, 3.63) is 53.6 Å². The second-order valence-electron chi connectivity index (χ2n) is 7.12. The van der Waals surface area contributed by atoms with Gasteiger partial charge in [0.25, 0.3) is 0 Å². The van der Waals surface area contributed by atoms with Crippen LogP contribution in [-0.4, -0.2) is 45.7 Å². The third-order valence-corrected chi connectivity index (χ3v) is 5.07. The fraction of sp³-hybridized carbons (Fsp3) is 0.391. The minimum atomic E-state index is 0. The van der Waals surface area contributed by atoms with Crippen molar-refractivity contribution >= 4 is 41.5 Å². The molecular weight excluding hydrogens is 507 g/mol. The summed E-state index contributed by atoms with van der Waals surface area (Å²) in [5, 5.41) is 9.59. The van der Waals surface area contributed by atoms with Gasteiger partial charge in [0.05, 0.1) is 20.8 Å². The highest BCUT2D eigenvalue weighted by molar-refractivity contribution is 14.0. The third kappa shape index (κ3) is 6.75. The van der Waals surface area contributed by atoms with E-state index in [1.54, 1.807) is 14.2 Å². The predicted octanol–water partition coefficient (Wildman–Crippen LogP) is 3.55. The Morgan fingerprint density at radius 3 is 2.65 bits per heavy atom. The molecule has 0 saturated heterocycles. The number of anilines is 1. The van der Waals surface area contributed by atoms with Crippen molar-refractivity contribution in [1.82, 2.24) is 10.6 Å². The second kappa shape index (κ2) is 12.4. The first-order chi connectivity index (χ1) is 14.6. The minimum absolute atomic E-state index is 0. The SMILES string of the molecule is CCNC(=NCC1CC(=O)Nc2ccccc21)NCCc1ccc(OC)c(OC)c1.I. The van der Waals surface area contributed by atoms with E-state index in [-0.39, 0.29) is 35.8 Å². The molecule has 168 valence electrons. The molecule has 1 aliphatic rings. The van der Waals surface area contributed by atoms with E-state index in [4.69, 9.17) is 14.5 Å². The van der Waals surface area contributed by atoms with E-state index in [0.29, 0.717) is 13.0 Å². The average Bonchev–Trinajstić information content (AvgIpc) is 2.77. The van der Waals surface area contributed by atoms with E-state index in [9.17, 15) is 4.79 Å². The Balaban J connectivity index is 0.00000341. The Morgan fingerprint density at radius 1 is 1.13 bits per heavy atom. The van der Waals surface area contributed by atoms with E-state index in [1.807, 2.05) is 43.3 Å². The number of methoxy groups -OCH3 is 2. The number of nitrogens with one attached hydrogen (secondary N) is 3. The summed E-state index contributed by atoms with van der Waals surface area (Å²) in [5.41, 5.74) is 3.18. The van der Waals surface area contributed by atoms with Crippen LogP contribution in [0.2, 0.25) is 0 Å². The zero-order valence-corrected chi connectivity index (χ0v) is 20.6. The molecule has 3 N–H and O–H groups in total. The summed E-state index contributed by atoms with van der Waals surface area (Å²) in [6, 6.07) is 13.9. The lowest BCUT2D eigenvalue weighted by Gasteiger charge is -2.24. The Hall–Kier alpha value is -2.49. The second-order valence-corrected chi connectivity index (χ2v) is 7.12. The lowest BCUT2D eigenvalue weighted by atomic mass is 9.91. The summed E-state index contributed by atoms with van der Waals surface area (Å²) < 4.78 is 10.7. The smallest absolute Gasteiger partial charge is 0.225 e. The van der Waals surface area contributed by atoms with E-state index in [1.165, 1.54) is 0 Å². The molecule has 7 nitrogen and oxygen atoms in total. The number of guanidine groups is 1. The van der Waals surface area contributed by atoms with Gasteiger partial charge in [0, 0.05) is 31.1 Å². The van der Waals surface area contributed by atoms with E-state index in [2.05, 4.69) is 22.0 Å². The Labute approximate surface area is 201 Å². The van der Waals surface area contributed by atoms with Gasteiger partial charge in [-0.15, -0.1) is 24.0 Å². The van der Waals surface area contributed by atoms with Gasteiger partial charge in [0.15, 0.2) is 17.5 Å². The standard InChI is InChI=1S/C23H30N4O3.HI/c1-4-24-23(25-12-11-16-9-10-20(29-2)21(13-16)30-3)26-15-17-14-22(28)27-19-8-6-5-7-18(17)19;/h5-10,13,17H,4,11-12,14-15H2,1-3H3,(H,27,28)(H2,24,25,26);1H. The number of para-hydroxylation sites is 1. The van der Waals surface area contributed by atoms with E-state index < -0.39 is 0 Å². The molecule has 0 radical (unpaired) electrons. The quantitative estimate of drug-likeness (QED) is 0.272. The number of hydrogen-bond acceptors (Lipinski definition) is 4. The molecule has 31 heavy (non-hydrogen) atoms. The van der Waals surface area contributed by atoms with Crippen molar-refractivity contribution in [2.45, 2.75) is 25.7 Å². The number of halogens is 1. The number of rotatable bonds is 8. The Bertz CT molecular complexity index is 904. The molecule has 2 aromatic carbocycles. The molecule has 0 aromatic heterocycles. The van der Waals surface area contributed by atoms with Gasteiger partial charge >= 0.3 is 0 Å². The van der Waals surface area contributed by atoms with Gasteiger partial charge in [-0.25, -0.2) is 0 Å². The number of carbonyl (C=O) groups is 1. The van der Waals surface area contributed by atoms with Gasteiger partial charge in [-0.2, -0.15) is 0 Å². The number of carbonyl (C=O) groups excluding carboxylic acids is 1. The Kier molecular flexibility index (Phi) is 9.90. The maximum atomic E-state index is 12.0. The minimum Gasteiger partial charge on any atom is -0.493 e. The van der Waals surface area contributed by atoms with Crippen molar-refractivity contribution in [3.63, 3.8) is 0 Å². The summed E-state index contributed by atoms with van der Waals surface area (Å²) in [7, 11) is 3.27. The van der Waals surface area contributed by atoms with Crippen LogP contribution in [0, 0.1) is 0 Å². The van der Waals surface area contributed by atoms with Crippen molar-refractivity contribution in [3.8, 4) is 11.5 Å². The van der Waals surface area contributed by atoms with Crippen LogP contribution in [-0.2, 0) is 11.2 Å². The first-order valence-corrected chi connectivity index (χ1v) is 10.3. The number of aliphatic imine (C=N–C) groups is 1. The molecule has 0 fully saturated rings. The van der Waals surface area contributed by atoms with Gasteiger partial charge in [-0.3, -0.25) is 9.79 Å². The molecule has 1 amide bonds. The van der Waals surface area contributed by atoms with Gasteiger partial charge < -0.3 is 25.4 Å². The van der Waals surface area contributed by atoms with Gasteiger partial charge in [-0.05, 0) is 42.7 Å². The monoisotopic (exact) mass is 538 g/mol. The van der Waals surface area contributed by atoms with Crippen molar-refractivity contribution < 1.29 is 14.3 Å². The highest BCUT2D eigenvalue weighted by Gasteiger charge is 2.24. The number of hydrogen-bond donors (Lipinski definition) is 3. The summed E-state index contributed by atoms with van der Waals surface area (Å²) >= 11 is 0. The van der Waals surface area contributed by atoms with Crippen LogP contribution in [0.5, 0.6) is 11.5 Å². The lowest BCUT2D eigenvalue weighted by molar-refractivity contribution is -0.116. The number of fused-ring (bicyclic) bond motifs is 1. The topological polar surface area (TPSA) is 84.0 Å². The summed E-state index contributed by atoms with van der Waals surface area (Å²) in [6.45, 7) is 4.08. The Morgan fingerprint density at radius 2 is 1.90 bits per heavy atom. The molecule has 0 bridgehead atoms. The lowest BCUT2D eigenvalue weighted by Crippen LogP contribution is -2.38. The largest absolute Gasteiger partial charge is 0.493 e. The van der Waals surface area contributed by atoms with Gasteiger partial charge in [0.2, 0.25) is 5.91 Å². The molecule has 2 aromatic rings. The fourth-order valence-electron chi connectivity index (χ4n) is 3.57. The average molecular weight is 538 g/mol. The first kappa shape index (κ1) is 24.8. The molecule has 1 heterocycles. The molecule has 1 atom stereocenters. The molecule has 1 unspecified atom stereocenters. The number of amides is 1. The summed E-state index contributed by atoms with van der Waals surface area (Å²) in [5.74, 6) is 2.32. The van der Waals surface area contributed by atoms with Gasteiger partial charge in [-0.1, -0.05) is 24.3 Å². The normalized spacial score (nSPS) is 15.3. The van der Waals surface area contributed by atoms with Crippen LogP contribution in [0.25, 0.3) is 0 Å². The van der Waals surface area contributed by atoms with Crippen molar-refractivity contribution in [2.24, 2.45) is 4.99 Å². The van der Waals surface area contributed by atoms with E-state index in [0.717, 1.165) is 53.8 Å². The maximum absolute atomic E-state index is 12.0. The highest BCUT2D eigenvalue weighted by atomic mass is 127. The van der Waals surface area contributed by atoms with Crippen LogP contribution in [0.15, 0.2) is 47.5 Å².